The molecule has 3 rings (SSSR count). The SMILES string of the molecule is COc1nc(Sc2nc3ccccc3o2)ccc1N. The normalized spacial score (nSPS) is 10.8. The summed E-state index contributed by atoms with van der Waals surface area (Å²) >= 11 is 1.33. The molecule has 0 amide bonds. The average Bonchev–Trinajstić information content (AvgIpc) is 2.83. The number of anilines is 1. The first kappa shape index (κ1) is 11.9. The summed E-state index contributed by atoms with van der Waals surface area (Å²) in [6.07, 6.45) is 0. The molecule has 2 aromatic heterocycles. The maximum Gasteiger partial charge on any atom is 0.263 e. The number of nitrogens with zero attached hydrogens (tertiary/aromatic N) is 2. The first-order valence-corrected chi connectivity index (χ1v) is 6.42. The molecule has 0 saturated heterocycles. The number of pyridine rings is 1. The van der Waals surface area contributed by atoms with Crippen molar-refractivity contribution in [3.05, 3.63) is 36.4 Å². The molecule has 2 N–H and O–H groups in total. The minimum absolute atomic E-state index is 0.404. The summed E-state index contributed by atoms with van der Waals surface area (Å²) in [5, 5.41) is 1.26. The van der Waals surface area contributed by atoms with E-state index < -0.39 is 0 Å². The molecule has 0 radical (unpaired) electrons. The summed E-state index contributed by atoms with van der Waals surface area (Å²) < 4.78 is 10.7. The number of fused-ring (bicyclic) bond motifs is 1. The third-order valence-electron chi connectivity index (χ3n) is 2.52. The molecule has 0 aliphatic heterocycles. The largest absolute Gasteiger partial charge is 0.480 e. The van der Waals surface area contributed by atoms with Gasteiger partial charge in [-0.15, -0.1) is 0 Å². The van der Waals surface area contributed by atoms with Crippen LogP contribution in [0, 0.1) is 0 Å². The van der Waals surface area contributed by atoms with E-state index in [2.05, 4.69) is 9.97 Å². The molecule has 2 heterocycles. The molecule has 1 aromatic carbocycles. The predicted octanol–water partition coefficient (Wildman–Crippen LogP) is 2.96. The molecular formula is C13H11N3O2S. The lowest BCUT2D eigenvalue weighted by molar-refractivity contribution is 0.397. The molecule has 0 spiro atoms. The highest BCUT2D eigenvalue weighted by atomic mass is 32.2. The van der Waals surface area contributed by atoms with E-state index in [1.807, 2.05) is 24.3 Å². The Bertz CT molecular complexity index is 694. The van der Waals surface area contributed by atoms with Gasteiger partial charge < -0.3 is 14.9 Å². The summed E-state index contributed by atoms with van der Waals surface area (Å²) in [6, 6.07) is 11.2. The second-order valence-corrected chi connectivity index (χ2v) is 4.77. The van der Waals surface area contributed by atoms with Crippen molar-refractivity contribution in [2.75, 3.05) is 12.8 Å². The molecule has 0 aliphatic carbocycles. The van der Waals surface area contributed by atoms with E-state index in [-0.39, 0.29) is 0 Å². The highest BCUT2D eigenvalue weighted by Gasteiger charge is 2.10. The van der Waals surface area contributed by atoms with Crippen LogP contribution in [0.25, 0.3) is 11.1 Å². The number of para-hydroxylation sites is 2. The molecule has 0 saturated carbocycles. The number of rotatable bonds is 3. The highest BCUT2D eigenvalue weighted by Crippen LogP contribution is 2.31. The van der Waals surface area contributed by atoms with E-state index >= 15 is 0 Å². The zero-order chi connectivity index (χ0) is 13.2. The van der Waals surface area contributed by atoms with Crippen LogP contribution in [0.3, 0.4) is 0 Å². The van der Waals surface area contributed by atoms with E-state index in [1.165, 1.54) is 18.9 Å². The Morgan fingerprint density at radius 1 is 1.16 bits per heavy atom. The van der Waals surface area contributed by atoms with Gasteiger partial charge in [0.2, 0.25) is 5.88 Å². The van der Waals surface area contributed by atoms with E-state index in [9.17, 15) is 0 Å². The van der Waals surface area contributed by atoms with Gasteiger partial charge in [0.1, 0.15) is 10.5 Å². The molecule has 19 heavy (non-hydrogen) atoms. The maximum absolute atomic E-state index is 5.72. The van der Waals surface area contributed by atoms with Gasteiger partial charge in [0, 0.05) is 0 Å². The number of oxazole rings is 1. The Morgan fingerprint density at radius 2 is 2.00 bits per heavy atom. The van der Waals surface area contributed by atoms with Crippen LogP contribution < -0.4 is 10.5 Å². The van der Waals surface area contributed by atoms with Crippen LogP contribution in [0.15, 0.2) is 51.1 Å². The fourth-order valence-corrected chi connectivity index (χ4v) is 2.36. The summed E-state index contributed by atoms with van der Waals surface area (Å²) in [6.45, 7) is 0. The number of benzene rings is 1. The number of nitrogen functional groups attached to an aromatic ring is 1. The number of methoxy groups -OCH3 is 1. The van der Waals surface area contributed by atoms with Gasteiger partial charge in [-0.2, -0.15) is 0 Å². The lowest BCUT2D eigenvalue weighted by atomic mass is 10.3. The van der Waals surface area contributed by atoms with Crippen molar-refractivity contribution in [3.63, 3.8) is 0 Å². The molecule has 0 bridgehead atoms. The van der Waals surface area contributed by atoms with Gasteiger partial charge in [0.15, 0.2) is 5.58 Å². The Hall–Kier alpha value is -2.21. The zero-order valence-electron chi connectivity index (χ0n) is 10.2. The van der Waals surface area contributed by atoms with Crippen molar-refractivity contribution >= 4 is 28.5 Å². The molecular weight excluding hydrogens is 262 g/mol. The predicted molar refractivity (Wildman–Crippen MR) is 73.3 cm³/mol. The molecule has 6 heteroatoms. The molecule has 0 fully saturated rings. The minimum Gasteiger partial charge on any atom is -0.480 e. The second-order valence-electron chi connectivity index (χ2n) is 3.80. The van der Waals surface area contributed by atoms with Crippen molar-refractivity contribution < 1.29 is 9.15 Å². The number of hydrogen-bond donors (Lipinski definition) is 1. The van der Waals surface area contributed by atoms with Gasteiger partial charge in [0.05, 0.1) is 12.8 Å². The monoisotopic (exact) mass is 273 g/mol. The third kappa shape index (κ3) is 2.34. The maximum atomic E-state index is 5.72. The first-order chi connectivity index (χ1) is 9.26. The average molecular weight is 273 g/mol. The van der Waals surface area contributed by atoms with E-state index in [0.29, 0.717) is 16.8 Å². The fraction of sp³-hybridized carbons (Fsp3) is 0.0769. The quantitative estimate of drug-likeness (QED) is 0.790. The Morgan fingerprint density at radius 3 is 2.79 bits per heavy atom. The van der Waals surface area contributed by atoms with Crippen molar-refractivity contribution in [2.24, 2.45) is 0 Å². The lowest BCUT2D eigenvalue weighted by Crippen LogP contribution is -1.95. The standard InChI is InChI=1S/C13H11N3O2S/c1-17-12-8(14)6-7-11(16-12)19-13-15-9-4-2-3-5-10(9)18-13/h2-7H,14H2,1H3. The Kier molecular flexibility index (Phi) is 3.00. The highest BCUT2D eigenvalue weighted by molar-refractivity contribution is 7.99. The third-order valence-corrected chi connectivity index (χ3v) is 3.31. The lowest BCUT2D eigenvalue weighted by Gasteiger charge is -2.03. The van der Waals surface area contributed by atoms with Gasteiger partial charge in [-0.25, -0.2) is 9.97 Å². The number of nitrogens with two attached hydrogens (primary N) is 1. The van der Waals surface area contributed by atoms with Crippen molar-refractivity contribution in [3.8, 4) is 5.88 Å². The first-order valence-electron chi connectivity index (χ1n) is 5.60. The Labute approximate surface area is 113 Å². The van der Waals surface area contributed by atoms with Gasteiger partial charge in [-0.3, -0.25) is 0 Å². The van der Waals surface area contributed by atoms with Crippen molar-refractivity contribution in [1.82, 2.24) is 9.97 Å². The topological polar surface area (TPSA) is 74.2 Å². The number of hydrogen-bond acceptors (Lipinski definition) is 6. The summed E-state index contributed by atoms with van der Waals surface area (Å²) in [5.41, 5.74) is 7.81. The van der Waals surface area contributed by atoms with Crippen LogP contribution in [0.2, 0.25) is 0 Å². The molecule has 0 unspecified atom stereocenters. The van der Waals surface area contributed by atoms with Gasteiger partial charge in [-0.1, -0.05) is 12.1 Å². The van der Waals surface area contributed by atoms with E-state index in [0.717, 1.165) is 16.1 Å². The smallest absolute Gasteiger partial charge is 0.263 e. The van der Waals surface area contributed by atoms with Gasteiger partial charge in [-0.05, 0) is 36.0 Å². The molecule has 5 nitrogen and oxygen atoms in total. The molecule has 96 valence electrons. The number of aromatic nitrogens is 2. The van der Waals surface area contributed by atoms with Crippen LogP contribution in [-0.4, -0.2) is 17.1 Å². The summed E-state index contributed by atoms with van der Waals surface area (Å²) in [7, 11) is 1.53. The van der Waals surface area contributed by atoms with Crippen LogP contribution in [0.4, 0.5) is 5.69 Å². The van der Waals surface area contributed by atoms with Crippen LogP contribution >= 0.6 is 11.8 Å². The second kappa shape index (κ2) is 4.81. The molecule has 0 atom stereocenters. The molecule has 0 aliphatic rings. The molecule has 3 aromatic rings. The van der Waals surface area contributed by atoms with Gasteiger partial charge in [0.25, 0.3) is 5.22 Å². The minimum atomic E-state index is 0.404. The van der Waals surface area contributed by atoms with Crippen molar-refractivity contribution in [1.29, 1.82) is 0 Å². The fourth-order valence-electron chi connectivity index (χ4n) is 1.64. The van der Waals surface area contributed by atoms with Gasteiger partial charge >= 0.3 is 0 Å². The van der Waals surface area contributed by atoms with Crippen LogP contribution in [0.5, 0.6) is 5.88 Å². The summed E-state index contributed by atoms with van der Waals surface area (Å²) in [4.78, 5) is 8.64. The Balaban J connectivity index is 1.92. The van der Waals surface area contributed by atoms with Crippen molar-refractivity contribution in [2.45, 2.75) is 10.2 Å². The number of ether oxygens (including phenoxy) is 1. The van der Waals surface area contributed by atoms with Crippen LogP contribution in [0.1, 0.15) is 0 Å². The zero-order valence-corrected chi connectivity index (χ0v) is 11.0. The van der Waals surface area contributed by atoms with E-state index in [1.54, 1.807) is 12.1 Å². The summed E-state index contributed by atoms with van der Waals surface area (Å²) in [5.74, 6) is 0.404. The van der Waals surface area contributed by atoms with Crippen LogP contribution in [-0.2, 0) is 0 Å². The van der Waals surface area contributed by atoms with E-state index in [4.69, 9.17) is 14.9 Å².